The van der Waals surface area contributed by atoms with Gasteiger partial charge in [0.2, 0.25) is 0 Å². The van der Waals surface area contributed by atoms with Crippen molar-refractivity contribution in [2.75, 3.05) is 6.61 Å². The fourth-order valence-electron chi connectivity index (χ4n) is 1.11. The van der Waals surface area contributed by atoms with E-state index in [4.69, 9.17) is 4.74 Å². The second-order valence-corrected chi connectivity index (χ2v) is 3.74. The second-order valence-electron chi connectivity index (χ2n) is 3.74. The van der Waals surface area contributed by atoms with Gasteiger partial charge in [-0.05, 0) is 32.1 Å². The molecular formula is C11H13BF3KO. The van der Waals surface area contributed by atoms with Gasteiger partial charge >= 0.3 is 58.4 Å². The van der Waals surface area contributed by atoms with Crippen LogP contribution in [0.15, 0.2) is 35.9 Å². The van der Waals surface area contributed by atoms with Crippen LogP contribution in [0.25, 0.3) is 0 Å². The largest absolute Gasteiger partial charge is 1.00 e. The molecule has 1 nitrogen and oxygen atoms in total. The molecule has 0 atom stereocenters. The van der Waals surface area contributed by atoms with E-state index in [1.807, 2.05) is 19.9 Å². The van der Waals surface area contributed by atoms with E-state index < -0.39 is 12.4 Å². The van der Waals surface area contributed by atoms with E-state index in [2.05, 4.69) is 0 Å². The maximum absolute atomic E-state index is 12.4. The molecule has 1 aromatic carbocycles. The van der Waals surface area contributed by atoms with Crippen LogP contribution in [0.2, 0.25) is 0 Å². The molecule has 0 bridgehead atoms. The van der Waals surface area contributed by atoms with Gasteiger partial charge in [-0.25, -0.2) is 0 Å². The molecule has 1 aromatic rings. The fourth-order valence-corrected chi connectivity index (χ4v) is 1.11. The Bertz CT molecular complexity index is 387. The summed E-state index contributed by atoms with van der Waals surface area (Å²) < 4.78 is 42.4. The zero-order valence-corrected chi connectivity index (χ0v) is 13.3. The molecule has 6 heteroatoms. The van der Waals surface area contributed by atoms with Gasteiger partial charge in [-0.1, -0.05) is 17.7 Å². The van der Waals surface area contributed by atoms with Crippen LogP contribution in [0.5, 0.6) is 5.75 Å². The molecule has 0 amide bonds. The maximum atomic E-state index is 12.4. The Balaban J connectivity index is 0.00000256. The minimum atomic E-state index is -4.95. The Morgan fingerprint density at radius 3 is 2.47 bits per heavy atom. The molecule has 0 N–H and O–H groups in total. The van der Waals surface area contributed by atoms with Crippen molar-refractivity contribution in [3.63, 3.8) is 0 Å². The predicted octanol–water partition coefficient (Wildman–Crippen LogP) is 0.0900. The number of hydrogen-bond donors (Lipinski definition) is 0. The normalized spacial score (nSPS) is 10.4. The summed E-state index contributed by atoms with van der Waals surface area (Å²) in [6.45, 7) is -0.861. The summed E-state index contributed by atoms with van der Waals surface area (Å²) in [4.78, 5) is 0. The molecule has 0 aromatic heterocycles. The molecule has 0 unspecified atom stereocenters. The van der Waals surface area contributed by atoms with Crippen molar-refractivity contribution in [2.45, 2.75) is 13.8 Å². The topological polar surface area (TPSA) is 9.23 Å². The third kappa shape index (κ3) is 6.67. The quantitative estimate of drug-likeness (QED) is 0.555. The van der Waals surface area contributed by atoms with E-state index >= 15 is 0 Å². The van der Waals surface area contributed by atoms with Gasteiger partial charge in [-0.2, -0.15) is 0 Å². The van der Waals surface area contributed by atoms with Gasteiger partial charge in [0, 0.05) is 0 Å². The molecule has 0 aliphatic carbocycles. The van der Waals surface area contributed by atoms with Gasteiger partial charge < -0.3 is 17.7 Å². The number of halogens is 3. The summed E-state index contributed by atoms with van der Waals surface area (Å²) in [6, 6.07) is 4.94. The van der Waals surface area contributed by atoms with Crippen LogP contribution < -0.4 is 61.6 Å². The molecule has 0 aliphatic rings. The van der Waals surface area contributed by atoms with E-state index in [0.717, 1.165) is 17.7 Å². The van der Waals surface area contributed by atoms with Crippen LogP contribution >= 0.6 is 0 Å². The van der Waals surface area contributed by atoms with E-state index in [-0.39, 0.29) is 63.7 Å². The molecule has 0 saturated carbocycles. The summed E-state index contributed by atoms with van der Waals surface area (Å²) in [5, 5.41) is 0. The maximum Gasteiger partial charge on any atom is 1.00 e. The molecule has 88 valence electrons. The molecule has 0 aliphatic heterocycles. The third-order valence-corrected chi connectivity index (χ3v) is 1.98. The Kier molecular flexibility index (Phi) is 7.75. The average molecular weight is 268 g/mol. The molecule has 0 heterocycles. The van der Waals surface area contributed by atoms with Crippen LogP contribution in [0.3, 0.4) is 0 Å². The minimum Gasteiger partial charge on any atom is -0.490 e. The smallest absolute Gasteiger partial charge is 0.490 e. The SMILES string of the molecule is CC(C)=CCOc1cccc([B-](F)(F)F)c1.[K+]. The Hall–Kier alpha value is 0.251. The first kappa shape index (κ1) is 17.3. The summed E-state index contributed by atoms with van der Waals surface area (Å²) in [7, 11) is 0. The van der Waals surface area contributed by atoms with Gasteiger partial charge in [0.05, 0.1) is 0 Å². The molecule has 0 saturated heterocycles. The standard InChI is InChI=1S/C11H13BF3O.K/c1-9(2)6-7-16-11-5-3-4-10(8-11)12(13,14)15;/h3-6,8H,7H2,1-2H3;/q-1;+1. The van der Waals surface area contributed by atoms with Crippen LogP contribution in [0, 0.1) is 0 Å². The summed E-state index contributed by atoms with van der Waals surface area (Å²) in [5.74, 6) is 0.245. The first-order valence-electron chi connectivity index (χ1n) is 4.95. The van der Waals surface area contributed by atoms with E-state index in [0.29, 0.717) is 0 Å². The molecule has 0 spiro atoms. The first-order chi connectivity index (χ1) is 7.39. The van der Waals surface area contributed by atoms with Gasteiger partial charge in [0.25, 0.3) is 0 Å². The Morgan fingerprint density at radius 2 is 1.94 bits per heavy atom. The monoisotopic (exact) mass is 268 g/mol. The van der Waals surface area contributed by atoms with Crippen molar-refractivity contribution in [3.8, 4) is 5.75 Å². The molecule has 17 heavy (non-hydrogen) atoms. The molecular weight excluding hydrogens is 255 g/mol. The second kappa shape index (κ2) is 7.63. The summed E-state index contributed by atoms with van der Waals surface area (Å²) >= 11 is 0. The third-order valence-electron chi connectivity index (χ3n) is 1.98. The van der Waals surface area contributed by atoms with Crippen LogP contribution in [0.1, 0.15) is 13.8 Å². The zero-order valence-electron chi connectivity index (χ0n) is 10.2. The van der Waals surface area contributed by atoms with Crippen molar-refractivity contribution >= 4 is 12.4 Å². The van der Waals surface area contributed by atoms with Gasteiger partial charge in [-0.3, -0.25) is 0 Å². The van der Waals surface area contributed by atoms with Crippen molar-refractivity contribution in [1.29, 1.82) is 0 Å². The van der Waals surface area contributed by atoms with Gasteiger partial charge in [0.15, 0.2) is 0 Å². The predicted molar refractivity (Wildman–Crippen MR) is 60.1 cm³/mol. The minimum absolute atomic E-state index is 0. The molecule has 0 fully saturated rings. The van der Waals surface area contributed by atoms with Crippen LogP contribution in [-0.4, -0.2) is 13.6 Å². The Labute approximate surface area is 142 Å². The van der Waals surface area contributed by atoms with Crippen molar-refractivity contribution < 1.29 is 69.1 Å². The van der Waals surface area contributed by atoms with E-state index in [1.165, 1.54) is 12.1 Å². The van der Waals surface area contributed by atoms with Crippen LogP contribution in [-0.2, 0) is 0 Å². The van der Waals surface area contributed by atoms with Crippen molar-refractivity contribution in [1.82, 2.24) is 0 Å². The number of benzene rings is 1. The van der Waals surface area contributed by atoms with E-state index in [9.17, 15) is 12.9 Å². The van der Waals surface area contributed by atoms with E-state index in [1.54, 1.807) is 0 Å². The fraction of sp³-hybridized carbons (Fsp3) is 0.273. The number of hydrogen-bond acceptors (Lipinski definition) is 1. The van der Waals surface area contributed by atoms with Gasteiger partial charge in [-0.15, -0.1) is 5.46 Å². The Morgan fingerprint density at radius 1 is 1.29 bits per heavy atom. The first-order valence-corrected chi connectivity index (χ1v) is 4.95. The number of allylic oxidation sites excluding steroid dienone is 1. The molecule has 1 rings (SSSR count). The summed E-state index contributed by atoms with van der Waals surface area (Å²) in [5.41, 5.74) is 0.436. The summed E-state index contributed by atoms with van der Waals surface area (Å²) in [6.07, 6.45) is 1.81. The average Bonchev–Trinajstić information content (AvgIpc) is 2.16. The van der Waals surface area contributed by atoms with Crippen LogP contribution in [0.4, 0.5) is 12.9 Å². The molecule has 0 radical (unpaired) electrons. The zero-order chi connectivity index (χ0) is 12.2. The van der Waals surface area contributed by atoms with Gasteiger partial charge in [0.1, 0.15) is 12.4 Å². The van der Waals surface area contributed by atoms with Crippen molar-refractivity contribution in [3.05, 3.63) is 35.9 Å². The number of ether oxygens (including phenoxy) is 1. The van der Waals surface area contributed by atoms with Crippen molar-refractivity contribution in [2.24, 2.45) is 0 Å². The number of rotatable bonds is 4.